The number of aromatic nitrogens is 2. The average Bonchev–Trinajstić information content (AvgIpc) is 2.83. The molecule has 0 amide bonds. The Hall–Kier alpha value is -3.22. The van der Waals surface area contributed by atoms with Gasteiger partial charge in [0.1, 0.15) is 11.6 Å². The van der Waals surface area contributed by atoms with Crippen LogP contribution in [0, 0.1) is 5.82 Å². The lowest BCUT2D eigenvalue weighted by Gasteiger charge is -2.19. The number of rotatable bonds is 8. The Labute approximate surface area is 197 Å². The monoisotopic (exact) mass is 464 g/mol. The van der Waals surface area contributed by atoms with Crippen LogP contribution in [0.4, 0.5) is 10.1 Å². The number of anilines is 1. The van der Waals surface area contributed by atoms with Crippen LogP contribution in [0.5, 0.6) is 0 Å². The highest BCUT2D eigenvalue weighted by molar-refractivity contribution is 6.32. The number of hydrogen-bond acceptors (Lipinski definition) is 4. The second kappa shape index (κ2) is 10.1. The fraction of sp³-hybridized carbons (Fsp3) is 0.231. The van der Waals surface area contributed by atoms with Crippen molar-refractivity contribution in [3.8, 4) is 5.69 Å². The fourth-order valence-corrected chi connectivity index (χ4v) is 4.09. The van der Waals surface area contributed by atoms with Gasteiger partial charge in [0.15, 0.2) is 0 Å². The molecule has 0 fully saturated rings. The molecule has 0 atom stereocenters. The first-order valence-electron chi connectivity index (χ1n) is 11.0. The summed E-state index contributed by atoms with van der Waals surface area (Å²) in [5.41, 5.74) is 2.72. The molecule has 1 heterocycles. The third-order valence-corrected chi connectivity index (χ3v) is 5.99. The van der Waals surface area contributed by atoms with Crippen LogP contribution >= 0.6 is 11.6 Å². The zero-order chi connectivity index (χ0) is 23.4. The third-order valence-electron chi connectivity index (χ3n) is 5.67. The number of nitrogens with zero attached hydrogens (tertiary/aromatic N) is 3. The van der Waals surface area contributed by atoms with Crippen molar-refractivity contribution >= 4 is 28.2 Å². The number of fused-ring (bicyclic) bond motifs is 1. The molecule has 0 spiro atoms. The van der Waals surface area contributed by atoms with E-state index < -0.39 is 5.82 Å². The summed E-state index contributed by atoms with van der Waals surface area (Å²) in [7, 11) is 0. The molecule has 0 saturated heterocycles. The molecular weight excluding hydrogens is 439 g/mol. The van der Waals surface area contributed by atoms with E-state index in [-0.39, 0.29) is 10.9 Å². The molecule has 4 rings (SSSR count). The maximum Gasteiger partial charge on any atom is 0.266 e. The molecule has 1 N–H and O–H groups in total. The summed E-state index contributed by atoms with van der Waals surface area (Å²) in [5, 5.41) is 4.01. The molecule has 0 saturated carbocycles. The van der Waals surface area contributed by atoms with E-state index in [9.17, 15) is 9.18 Å². The third kappa shape index (κ3) is 5.07. The Balaban J connectivity index is 1.72. The first kappa shape index (κ1) is 23.0. The van der Waals surface area contributed by atoms with E-state index in [1.54, 1.807) is 24.3 Å². The predicted molar refractivity (Wildman–Crippen MR) is 133 cm³/mol. The molecule has 3 aromatic carbocycles. The van der Waals surface area contributed by atoms with Crippen LogP contribution in [0.1, 0.15) is 25.2 Å². The van der Waals surface area contributed by atoms with Gasteiger partial charge in [-0.05, 0) is 61.1 Å². The second-order valence-corrected chi connectivity index (χ2v) is 8.20. The van der Waals surface area contributed by atoms with Crippen molar-refractivity contribution in [1.29, 1.82) is 0 Å². The molecule has 33 heavy (non-hydrogen) atoms. The zero-order valence-corrected chi connectivity index (χ0v) is 19.4. The van der Waals surface area contributed by atoms with Crippen LogP contribution in [-0.4, -0.2) is 27.5 Å². The Morgan fingerprint density at radius 3 is 2.58 bits per heavy atom. The normalized spacial score (nSPS) is 11.3. The first-order chi connectivity index (χ1) is 16.0. The van der Waals surface area contributed by atoms with Crippen molar-refractivity contribution < 1.29 is 4.39 Å². The summed E-state index contributed by atoms with van der Waals surface area (Å²) in [6.45, 7) is 7.43. The minimum absolute atomic E-state index is 0.208. The van der Waals surface area contributed by atoms with Gasteiger partial charge in [-0.2, -0.15) is 0 Å². The lowest BCUT2D eigenvalue weighted by Crippen LogP contribution is -2.26. The molecule has 0 aliphatic carbocycles. The van der Waals surface area contributed by atoms with E-state index in [4.69, 9.17) is 11.6 Å². The van der Waals surface area contributed by atoms with E-state index in [0.717, 1.165) is 25.3 Å². The summed E-state index contributed by atoms with van der Waals surface area (Å²) < 4.78 is 15.3. The van der Waals surface area contributed by atoms with E-state index >= 15 is 0 Å². The first-order valence-corrected chi connectivity index (χ1v) is 11.4. The molecule has 0 bridgehead atoms. The highest BCUT2D eigenvalue weighted by atomic mass is 35.5. The summed E-state index contributed by atoms with van der Waals surface area (Å²) in [4.78, 5) is 20.4. The highest BCUT2D eigenvalue weighted by Crippen LogP contribution is 2.22. The lowest BCUT2D eigenvalue weighted by atomic mass is 10.2. The lowest BCUT2D eigenvalue weighted by molar-refractivity contribution is 0.296. The van der Waals surface area contributed by atoms with Gasteiger partial charge in [0.2, 0.25) is 0 Å². The summed E-state index contributed by atoms with van der Waals surface area (Å²) in [6.07, 6.45) is 0. The van der Waals surface area contributed by atoms with Crippen LogP contribution in [-0.2, 0) is 13.1 Å². The molecule has 5 nitrogen and oxygen atoms in total. The molecular formula is C26H26ClFN4O. The maximum atomic E-state index is 13.9. The van der Waals surface area contributed by atoms with E-state index in [1.165, 1.54) is 28.3 Å². The van der Waals surface area contributed by atoms with Crippen molar-refractivity contribution in [2.45, 2.75) is 26.9 Å². The van der Waals surface area contributed by atoms with Crippen molar-refractivity contribution in [2.24, 2.45) is 0 Å². The van der Waals surface area contributed by atoms with Gasteiger partial charge < -0.3 is 5.32 Å². The van der Waals surface area contributed by atoms with Crippen LogP contribution in [0.3, 0.4) is 0 Å². The van der Waals surface area contributed by atoms with Gasteiger partial charge >= 0.3 is 0 Å². The van der Waals surface area contributed by atoms with Gasteiger partial charge in [-0.3, -0.25) is 14.3 Å². The summed E-state index contributed by atoms with van der Waals surface area (Å²) >= 11 is 6.41. The molecule has 7 heteroatoms. The summed E-state index contributed by atoms with van der Waals surface area (Å²) in [6, 6.07) is 19.3. The minimum atomic E-state index is -0.483. The SMILES string of the molecule is CCN(CC)Cc1cccc(NCc2nc3ccc(F)cc3c(=O)n2-c2ccccc2Cl)c1. The van der Waals surface area contributed by atoms with Crippen molar-refractivity contribution in [3.05, 3.63) is 99.3 Å². The van der Waals surface area contributed by atoms with Crippen molar-refractivity contribution in [1.82, 2.24) is 14.5 Å². The molecule has 0 aliphatic rings. The second-order valence-electron chi connectivity index (χ2n) is 7.80. The van der Waals surface area contributed by atoms with Gasteiger partial charge in [-0.25, -0.2) is 9.37 Å². The molecule has 0 radical (unpaired) electrons. The maximum absolute atomic E-state index is 13.9. The van der Waals surface area contributed by atoms with Crippen molar-refractivity contribution in [2.75, 3.05) is 18.4 Å². The average molecular weight is 465 g/mol. The molecule has 0 aliphatic heterocycles. The number of nitrogens with one attached hydrogen (secondary N) is 1. The van der Waals surface area contributed by atoms with E-state index in [1.807, 2.05) is 12.1 Å². The topological polar surface area (TPSA) is 50.2 Å². The van der Waals surface area contributed by atoms with Crippen LogP contribution < -0.4 is 10.9 Å². The quantitative estimate of drug-likeness (QED) is 0.367. The fourth-order valence-electron chi connectivity index (χ4n) is 3.87. The Bertz CT molecular complexity index is 1330. The number of para-hydroxylation sites is 1. The molecule has 170 valence electrons. The van der Waals surface area contributed by atoms with Gasteiger partial charge in [-0.15, -0.1) is 0 Å². The summed E-state index contributed by atoms with van der Waals surface area (Å²) in [5.74, 6) is 0.00403. The largest absolute Gasteiger partial charge is 0.378 e. The van der Waals surface area contributed by atoms with Crippen LogP contribution in [0.2, 0.25) is 5.02 Å². The minimum Gasteiger partial charge on any atom is -0.378 e. The number of benzene rings is 3. The standard InChI is InChI=1S/C26H26ClFN4O/c1-3-31(4-2)17-18-8-7-9-20(14-18)29-16-25-30-23-13-12-19(28)15-21(23)26(33)32(25)24-11-6-5-10-22(24)27/h5-15,29H,3-4,16-17H2,1-2H3. The predicted octanol–water partition coefficient (Wildman–Crippen LogP) is 5.63. The van der Waals surface area contributed by atoms with Gasteiger partial charge in [-0.1, -0.05) is 49.7 Å². The Morgan fingerprint density at radius 2 is 1.82 bits per heavy atom. The Kier molecular flexibility index (Phi) is 7.06. The molecule has 0 unspecified atom stereocenters. The van der Waals surface area contributed by atoms with E-state index in [0.29, 0.717) is 28.6 Å². The number of halogens is 2. The molecule has 1 aromatic heterocycles. The van der Waals surface area contributed by atoms with Crippen LogP contribution in [0.15, 0.2) is 71.5 Å². The Morgan fingerprint density at radius 1 is 1.03 bits per heavy atom. The highest BCUT2D eigenvalue weighted by Gasteiger charge is 2.15. The smallest absolute Gasteiger partial charge is 0.266 e. The van der Waals surface area contributed by atoms with Gasteiger partial charge in [0.05, 0.1) is 28.2 Å². The zero-order valence-electron chi connectivity index (χ0n) is 18.7. The van der Waals surface area contributed by atoms with Crippen LogP contribution in [0.25, 0.3) is 16.6 Å². The van der Waals surface area contributed by atoms with Crippen molar-refractivity contribution in [3.63, 3.8) is 0 Å². The van der Waals surface area contributed by atoms with Gasteiger partial charge in [0.25, 0.3) is 5.56 Å². The molecule has 4 aromatic rings. The number of hydrogen-bond donors (Lipinski definition) is 1. The van der Waals surface area contributed by atoms with E-state index in [2.05, 4.69) is 41.2 Å². The van der Waals surface area contributed by atoms with Gasteiger partial charge in [0, 0.05) is 12.2 Å².